The van der Waals surface area contributed by atoms with E-state index in [1.807, 2.05) is 43.3 Å². The molecular formula is C29H25N3O7. The Morgan fingerprint density at radius 3 is 2.33 bits per heavy atom. The SMILES string of the molecule is COC(=O)c1ccc(C(=O)Nc2ccc(C3(NC(=O)c4oc5ccccc5c4C)CCC3)cc2)c([N+](=O)[O-])c1. The van der Waals surface area contributed by atoms with Gasteiger partial charge in [-0.25, -0.2) is 4.79 Å². The average molecular weight is 528 g/mol. The summed E-state index contributed by atoms with van der Waals surface area (Å²) >= 11 is 0. The lowest BCUT2D eigenvalue weighted by atomic mass is 9.71. The third-order valence-electron chi connectivity index (χ3n) is 7.17. The van der Waals surface area contributed by atoms with Crippen LogP contribution in [0.1, 0.15) is 61.7 Å². The molecule has 2 N–H and O–H groups in total. The van der Waals surface area contributed by atoms with Crippen LogP contribution in [0.5, 0.6) is 0 Å². The number of ether oxygens (including phenoxy) is 1. The minimum Gasteiger partial charge on any atom is -0.465 e. The molecule has 4 aromatic rings. The van der Waals surface area contributed by atoms with Gasteiger partial charge in [-0.1, -0.05) is 30.3 Å². The largest absolute Gasteiger partial charge is 0.465 e. The zero-order valence-electron chi connectivity index (χ0n) is 21.3. The number of fused-ring (bicyclic) bond motifs is 1. The summed E-state index contributed by atoms with van der Waals surface area (Å²) in [5.41, 5.74) is 1.44. The van der Waals surface area contributed by atoms with Crippen molar-refractivity contribution < 1.29 is 28.5 Å². The van der Waals surface area contributed by atoms with Crippen LogP contribution in [-0.4, -0.2) is 29.8 Å². The van der Waals surface area contributed by atoms with Gasteiger partial charge in [0.15, 0.2) is 5.76 Å². The van der Waals surface area contributed by atoms with E-state index in [4.69, 9.17) is 4.42 Å². The van der Waals surface area contributed by atoms with Gasteiger partial charge in [0.05, 0.1) is 23.1 Å². The molecular weight excluding hydrogens is 502 g/mol. The number of nitrogens with one attached hydrogen (secondary N) is 2. The van der Waals surface area contributed by atoms with Gasteiger partial charge in [0.25, 0.3) is 17.5 Å². The number of para-hydroxylation sites is 1. The average Bonchev–Trinajstić information content (AvgIpc) is 3.26. The van der Waals surface area contributed by atoms with E-state index in [0.717, 1.165) is 49.0 Å². The van der Waals surface area contributed by atoms with Crippen LogP contribution in [0.4, 0.5) is 11.4 Å². The van der Waals surface area contributed by atoms with Crippen LogP contribution in [0.25, 0.3) is 11.0 Å². The molecule has 198 valence electrons. The highest BCUT2D eigenvalue weighted by Gasteiger charge is 2.41. The van der Waals surface area contributed by atoms with Gasteiger partial charge < -0.3 is 19.8 Å². The number of carbonyl (C=O) groups is 3. The highest BCUT2D eigenvalue weighted by molar-refractivity contribution is 6.08. The molecule has 0 saturated heterocycles. The fourth-order valence-electron chi connectivity index (χ4n) is 4.87. The first-order valence-electron chi connectivity index (χ1n) is 12.3. The minimum atomic E-state index is -0.742. The van der Waals surface area contributed by atoms with Crippen molar-refractivity contribution in [3.8, 4) is 0 Å². The minimum absolute atomic E-state index is 0.0317. The lowest BCUT2D eigenvalue weighted by Crippen LogP contribution is -2.50. The predicted octanol–water partition coefficient (Wildman–Crippen LogP) is 5.50. The lowest BCUT2D eigenvalue weighted by molar-refractivity contribution is -0.385. The third kappa shape index (κ3) is 4.72. The zero-order valence-corrected chi connectivity index (χ0v) is 21.3. The van der Waals surface area contributed by atoms with Crippen LogP contribution in [0.2, 0.25) is 0 Å². The van der Waals surface area contributed by atoms with Gasteiger partial charge in [-0.15, -0.1) is 0 Å². The summed E-state index contributed by atoms with van der Waals surface area (Å²) in [5.74, 6) is -1.44. The molecule has 10 heteroatoms. The molecule has 1 heterocycles. The highest BCUT2D eigenvalue weighted by Crippen LogP contribution is 2.42. The number of hydrogen-bond acceptors (Lipinski definition) is 7. The number of anilines is 1. The van der Waals surface area contributed by atoms with Crippen LogP contribution in [-0.2, 0) is 10.3 Å². The topological polar surface area (TPSA) is 141 Å². The monoisotopic (exact) mass is 527 g/mol. The Kier molecular flexibility index (Phi) is 6.61. The van der Waals surface area contributed by atoms with E-state index < -0.39 is 28.0 Å². The molecule has 1 aliphatic rings. The van der Waals surface area contributed by atoms with Crippen molar-refractivity contribution in [2.45, 2.75) is 31.7 Å². The van der Waals surface area contributed by atoms with E-state index in [1.165, 1.54) is 12.1 Å². The maximum absolute atomic E-state index is 13.2. The number of hydrogen-bond donors (Lipinski definition) is 2. The Morgan fingerprint density at radius 2 is 1.72 bits per heavy atom. The fraction of sp³-hybridized carbons (Fsp3) is 0.207. The molecule has 0 atom stereocenters. The number of carbonyl (C=O) groups excluding carboxylic acids is 3. The zero-order chi connectivity index (χ0) is 27.7. The van der Waals surface area contributed by atoms with Gasteiger partial charge in [-0.3, -0.25) is 19.7 Å². The van der Waals surface area contributed by atoms with Crippen LogP contribution < -0.4 is 10.6 Å². The number of esters is 1. The van der Waals surface area contributed by atoms with E-state index in [0.29, 0.717) is 11.3 Å². The van der Waals surface area contributed by atoms with Crippen molar-refractivity contribution in [1.29, 1.82) is 0 Å². The van der Waals surface area contributed by atoms with Crippen molar-refractivity contribution >= 4 is 40.1 Å². The number of amides is 2. The number of furan rings is 1. The van der Waals surface area contributed by atoms with Crippen molar-refractivity contribution in [3.63, 3.8) is 0 Å². The summed E-state index contributed by atoms with van der Waals surface area (Å²) in [4.78, 5) is 48.6. The van der Waals surface area contributed by atoms with Gasteiger partial charge in [0.2, 0.25) is 0 Å². The molecule has 0 spiro atoms. The Balaban J connectivity index is 1.33. The molecule has 10 nitrogen and oxygen atoms in total. The highest BCUT2D eigenvalue weighted by atomic mass is 16.6. The molecule has 1 fully saturated rings. The summed E-state index contributed by atoms with van der Waals surface area (Å²) in [6.07, 6.45) is 2.45. The van der Waals surface area contributed by atoms with Gasteiger partial charge in [0.1, 0.15) is 11.1 Å². The van der Waals surface area contributed by atoms with Crippen molar-refractivity contribution in [3.05, 3.63) is 105 Å². The lowest BCUT2D eigenvalue weighted by Gasteiger charge is -2.43. The Labute approximate surface area is 223 Å². The molecule has 1 saturated carbocycles. The summed E-state index contributed by atoms with van der Waals surface area (Å²) in [5, 5.41) is 18.2. The molecule has 0 radical (unpaired) electrons. The summed E-state index contributed by atoms with van der Waals surface area (Å²) < 4.78 is 10.4. The molecule has 3 aromatic carbocycles. The Bertz CT molecular complexity index is 1620. The summed E-state index contributed by atoms with van der Waals surface area (Å²) in [6.45, 7) is 1.86. The summed E-state index contributed by atoms with van der Waals surface area (Å²) in [7, 11) is 1.16. The van der Waals surface area contributed by atoms with Crippen LogP contribution in [0.3, 0.4) is 0 Å². The van der Waals surface area contributed by atoms with E-state index in [9.17, 15) is 24.5 Å². The van der Waals surface area contributed by atoms with Crippen molar-refractivity contribution in [1.82, 2.24) is 5.32 Å². The number of nitro groups is 1. The third-order valence-corrected chi connectivity index (χ3v) is 7.17. The number of benzene rings is 3. The van der Waals surface area contributed by atoms with E-state index in [-0.39, 0.29) is 22.8 Å². The van der Waals surface area contributed by atoms with Crippen molar-refractivity contribution in [2.75, 3.05) is 12.4 Å². The molecule has 2 amide bonds. The Morgan fingerprint density at radius 1 is 1.00 bits per heavy atom. The van der Waals surface area contributed by atoms with Gasteiger partial charge >= 0.3 is 5.97 Å². The number of nitrogens with zero attached hydrogens (tertiary/aromatic N) is 1. The maximum Gasteiger partial charge on any atom is 0.338 e. The number of nitro benzene ring substituents is 1. The molecule has 0 bridgehead atoms. The van der Waals surface area contributed by atoms with E-state index >= 15 is 0 Å². The normalized spacial score (nSPS) is 13.8. The second-order valence-corrected chi connectivity index (χ2v) is 9.45. The van der Waals surface area contributed by atoms with Crippen molar-refractivity contribution in [2.24, 2.45) is 0 Å². The van der Waals surface area contributed by atoms with Crippen LogP contribution >= 0.6 is 0 Å². The number of aryl methyl sites for hydroxylation is 1. The molecule has 39 heavy (non-hydrogen) atoms. The summed E-state index contributed by atoms with van der Waals surface area (Å²) in [6, 6.07) is 18.0. The van der Waals surface area contributed by atoms with Gasteiger partial charge in [-0.2, -0.15) is 0 Å². The molecule has 5 rings (SSSR count). The van der Waals surface area contributed by atoms with Crippen LogP contribution in [0.15, 0.2) is 71.1 Å². The Hall–Kier alpha value is -4.99. The number of methoxy groups -OCH3 is 1. The second-order valence-electron chi connectivity index (χ2n) is 9.45. The first-order chi connectivity index (χ1) is 18.7. The predicted molar refractivity (Wildman–Crippen MR) is 143 cm³/mol. The van der Waals surface area contributed by atoms with E-state index in [2.05, 4.69) is 15.4 Å². The molecule has 0 unspecified atom stereocenters. The quantitative estimate of drug-likeness (QED) is 0.184. The standard InChI is InChI=1S/C29H25N3O7/c1-17-21-6-3-4-7-24(21)39-25(17)27(34)31-29(14-5-15-29)19-9-11-20(12-10-19)30-26(33)22-13-8-18(28(35)38-2)16-23(22)32(36)37/h3-4,6-13,16H,5,14-15H2,1-2H3,(H,30,33)(H,31,34). The van der Waals surface area contributed by atoms with Crippen LogP contribution in [0, 0.1) is 17.0 Å². The van der Waals surface area contributed by atoms with Gasteiger partial charge in [-0.05, 0) is 62.1 Å². The molecule has 0 aliphatic heterocycles. The maximum atomic E-state index is 13.2. The first-order valence-corrected chi connectivity index (χ1v) is 12.3. The fourth-order valence-corrected chi connectivity index (χ4v) is 4.87. The molecule has 1 aliphatic carbocycles. The second kappa shape index (κ2) is 10.1. The molecule has 1 aromatic heterocycles. The smallest absolute Gasteiger partial charge is 0.338 e. The van der Waals surface area contributed by atoms with Gasteiger partial charge in [0, 0.05) is 22.7 Å². The first kappa shape index (κ1) is 25.7. The van der Waals surface area contributed by atoms with E-state index in [1.54, 1.807) is 12.1 Å². The number of rotatable bonds is 7.